The quantitative estimate of drug-likeness (QED) is 0.370. The van der Waals surface area contributed by atoms with Gasteiger partial charge in [0.1, 0.15) is 18.2 Å². The minimum Gasteiger partial charge on any atom is -0.462 e. The van der Waals surface area contributed by atoms with Crippen molar-refractivity contribution in [1.82, 2.24) is 24.8 Å². The van der Waals surface area contributed by atoms with E-state index in [1.165, 1.54) is 18.2 Å². The summed E-state index contributed by atoms with van der Waals surface area (Å²) in [4.78, 5) is 31.2. The molecular weight excluding hydrogens is 587 g/mol. The number of rotatable bonds is 8. The van der Waals surface area contributed by atoms with Crippen molar-refractivity contribution < 1.29 is 27.4 Å². The van der Waals surface area contributed by atoms with Gasteiger partial charge in [-0.05, 0) is 50.7 Å². The number of nitrogen functional groups attached to an aromatic ring is 1. The molecule has 2 aromatic heterocycles. The van der Waals surface area contributed by atoms with Crippen LogP contribution in [0.3, 0.4) is 0 Å². The smallest absolute Gasteiger partial charge is 0.418 e. The van der Waals surface area contributed by atoms with Gasteiger partial charge < -0.3 is 25.0 Å². The van der Waals surface area contributed by atoms with E-state index >= 15 is 0 Å². The maximum absolute atomic E-state index is 13.9. The molecule has 10 nitrogen and oxygen atoms in total. The first-order chi connectivity index (χ1) is 20.5. The zero-order chi connectivity index (χ0) is 30.9. The Labute approximate surface area is 252 Å². The lowest BCUT2D eigenvalue weighted by atomic mass is 10.0. The summed E-state index contributed by atoms with van der Waals surface area (Å²) in [5.41, 5.74) is 4.77. The molecule has 0 unspecified atom stereocenters. The summed E-state index contributed by atoms with van der Waals surface area (Å²) in [7, 11) is 1.99. The summed E-state index contributed by atoms with van der Waals surface area (Å²) in [6.07, 6.45) is -2.53. The fourth-order valence-corrected chi connectivity index (χ4v) is 5.78. The third-order valence-corrected chi connectivity index (χ3v) is 8.06. The van der Waals surface area contributed by atoms with E-state index in [1.54, 1.807) is 4.90 Å². The molecule has 2 aliphatic heterocycles. The van der Waals surface area contributed by atoms with Crippen molar-refractivity contribution in [3.05, 3.63) is 47.5 Å². The van der Waals surface area contributed by atoms with Gasteiger partial charge in [-0.2, -0.15) is 23.1 Å². The van der Waals surface area contributed by atoms with Crippen molar-refractivity contribution >= 4 is 40.0 Å². The fourth-order valence-electron chi connectivity index (χ4n) is 5.53. The lowest BCUT2D eigenvalue weighted by molar-refractivity contribution is -0.137. The maximum atomic E-state index is 13.9. The van der Waals surface area contributed by atoms with Gasteiger partial charge in [-0.3, -0.25) is 9.69 Å². The normalized spacial score (nSPS) is 19.7. The molecule has 0 aliphatic carbocycles. The van der Waals surface area contributed by atoms with Crippen LogP contribution in [0.2, 0.25) is 5.02 Å². The van der Waals surface area contributed by atoms with Crippen LogP contribution in [0.15, 0.2) is 36.9 Å². The number of anilines is 2. The summed E-state index contributed by atoms with van der Waals surface area (Å²) >= 11 is 6.61. The van der Waals surface area contributed by atoms with E-state index < -0.39 is 17.4 Å². The van der Waals surface area contributed by atoms with Crippen LogP contribution in [0, 0.1) is 0 Å². The fraction of sp³-hybridized carbons (Fsp3) is 0.448. The Morgan fingerprint density at radius 3 is 2.60 bits per heavy atom. The summed E-state index contributed by atoms with van der Waals surface area (Å²) in [5, 5.41) is 0.557. The van der Waals surface area contributed by atoms with E-state index in [4.69, 9.17) is 31.8 Å². The Balaban J connectivity index is 1.54. The predicted molar refractivity (Wildman–Crippen MR) is 158 cm³/mol. The van der Waals surface area contributed by atoms with Gasteiger partial charge in [0.2, 0.25) is 5.91 Å². The number of likely N-dealkylation sites (tertiary alicyclic amines) is 1. The van der Waals surface area contributed by atoms with Crippen LogP contribution in [-0.2, 0) is 15.7 Å². The first kappa shape index (κ1) is 30.8. The second-order valence-electron chi connectivity index (χ2n) is 10.5. The average Bonchev–Trinajstić information content (AvgIpc) is 3.33. The Morgan fingerprint density at radius 2 is 1.93 bits per heavy atom. The van der Waals surface area contributed by atoms with Crippen LogP contribution in [0.25, 0.3) is 22.2 Å². The number of piperazine rings is 1. The first-order valence-corrected chi connectivity index (χ1v) is 14.3. The number of pyridine rings is 1. The molecule has 4 heterocycles. The molecule has 43 heavy (non-hydrogen) atoms. The molecule has 0 spiro atoms. The molecule has 2 N–H and O–H groups in total. The summed E-state index contributed by atoms with van der Waals surface area (Å²) in [5.74, 6) is 0.261. The highest BCUT2D eigenvalue weighted by Crippen LogP contribution is 2.41. The molecule has 2 fully saturated rings. The molecule has 230 valence electrons. The molecule has 14 heteroatoms. The Bertz CT molecular complexity index is 1510. The highest BCUT2D eigenvalue weighted by atomic mass is 35.5. The minimum absolute atomic E-state index is 0.0286. The van der Waals surface area contributed by atoms with E-state index in [2.05, 4.69) is 21.4 Å². The number of hydrogen-bond donors (Lipinski definition) is 1. The van der Waals surface area contributed by atoms with E-state index in [9.17, 15) is 18.0 Å². The molecule has 0 saturated carbocycles. The topological polar surface area (TPSA) is 110 Å². The van der Waals surface area contributed by atoms with Crippen molar-refractivity contribution in [2.75, 3.05) is 63.6 Å². The van der Waals surface area contributed by atoms with Gasteiger partial charge in [0.15, 0.2) is 0 Å². The Hall–Kier alpha value is -3.68. The van der Waals surface area contributed by atoms with Crippen LogP contribution in [-0.4, -0.2) is 95.8 Å². The predicted octanol–water partition coefficient (Wildman–Crippen LogP) is 4.27. The molecule has 0 bridgehead atoms. The SMILES string of the molecule is C=CC(=O)N1CCN(c2nc(OC[C@@H]3C[C@@H](OCC)CN3C)nc3cc(-c4nc(N)ccc4C(F)(F)F)c(Cl)cc23)CC1. The molecule has 2 saturated heterocycles. The number of halogens is 4. The highest BCUT2D eigenvalue weighted by Gasteiger charge is 2.36. The summed E-state index contributed by atoms with van der Waals surface area (Å²) in [6.45, 7) is 9.00. The molecule has 1 amide bonds. The van der Waals surface area contributed by atoms with Crippen LogP contribution in [0.5, 0.6) is 6.01 Å². The van der Waals surface area contributed by atoms with Crippen molar-refractivity contribution in [3.63, 3.8) is 0 Å². The highest BCUT2D eigenvalue weighted by molar-refractivity contribution is 6.34. The Morgan fingerprint density at radius 1 is 1.19 bits per heavy atom. The lowest BCUT2D eigenvalue weighted by Crippen LogP contribution is -2.48. The van der Waals surface area contributed by atoms with Crippen molar-refractivity contribution in [3.8, 4) is 17.3 Å². The summed E-state index contributed by atoms with van der Waals surface area (Å²) < 4.78 is 53.7. The number of ether oxygens (including phenoxy) is 2. The van der Waals surface area contributed by atoms with Crippen molar-refractivity contribution in [2.45, 2.75) is 31.7 Å². The zero-order valence-electron chi connectivity index (χ0n) is 23.9. The number of nitrogens with two attached hydrogens (primary N) is 1. The number of carbonyl (C=O) groups excluding carboxylic acids is 1. The van der Waals surface area contributed by atoms with E-state index in [-0.39, 0.29) is 40.5 Å². The maximum Gasteiger partial charge on any atom is 0.418 e. The van der Waals surface area contributed by atoms with Gasteiger partial charge in [-0.1, -0.05) is 18.2 Å². The number of fused-ring (bicyclic) bond motifs is 1. The van der Waals surface area contributed by atoms with Gasteiger partial charge in [0, 0.05) is 56.3 Å². The lowest BCUT2D eigenvalue weighted by Gasteiger charge is -2.35. The van der Waals surface area contributed by atoms with E-state index in [0.717, 1.165) is 25.1 Å². The van der Waals surface area contributed by atoms with Gasteiger partial charge in [-0.25, -0.2) is 4.98 Å². The zero-order valence-corrected chi connectivity index (χ0v) is 24.7. The second kappa shape index (κ2) is 12.5. The van der Waals surface area contributed by atoms with Crippen LogP contribution in [0.1, 0.15) is 18.9 Å². The third-order valence-electron chi connectivity index (χ3n) is 7.74. The molecule has 5 rings (SSSR count). The number of amides is 1. The van der Waals surface area contributed by atoms with Crippen molar-refractivity contribution in [1.29, 1.82) is 0 Å². The molecule has 0 radical (unpaired) electrons. The number of benzene rings is 1. The first-order valence-electron chi connectivity index (χ1n) is 13.9. The number of aromatic nitrogens is 3. The van der Waals surface area contributed by atoms with E-state index in [1.807, 2.05) is 18.9 Å². The number of alkyl halides is 3. The monoisotopic (exact) mass is 619 g/mol. The third kappa shape index (κ3) is 6.63. The molecule has 3 aromatic rings. The second-order valence-corrected chi connectivity index (χ2v) is 11.0. The number of hydrogen-bond acceptors (Lipinski definition) is 9. The van der Waals surface area contributed by atoms with Gasteiger partial charge in [0.25, 0.3) is 0 Å². The molecular formula is C29H33ClF3N7O3. The van der Waals surface area contributed by atoms with Crippen LogP contribution < -0.4 is 15.4 Å². The molecule has 2 aliphatic rings. The Kier molecular flexibility index (Phi) is 8.95. The number of nitrogens with zero attached hydrogens (tertiary/aromatic N) is 6. The van der Waals surface area contributed by atoms with Gasteiger partial charge >= 0.3 is 12.2 Å². The molecule has 1 aromatic carbocycles. The molecule has 2 atom stereocenters. The van der Waals surface area contributed by atoms with Crippen LogP contribution >= 0.6 is 11.6 Å². The standard InChI is InChI=1S/C29H33ClF3N7O3/c1-4-25(41)39-8-10-40(11-9-39)27-20-13-22(30)19(26-21(29(31,32)33)6-7-24(34)36-26)14-23(20)35-28(37-27)43-16-17-12-18(42-5-2)15-38(17)3/h4,6-7,13-14,17-18H,1,5,8-12,15-16H2,2-3H3,(H2,34,36)/t17-,18+/m0/s1. The van der Waals surface area contributed by atoms with Gasteiger partial charge in [0.05, 0.1) is 27.9 Å². The number of likely N-dealkylation sites (N-methyl/N-ethyl adjacent to an activating group) is 1. The number of carbonyl (C=O) groups is 1. The largest absolute Gasteiger partial charge is 0.462 e. The average molecular weight is 620 g/mol. The summed E-state index contributed by atoms with van der Waals surface area (Å²) in [6, 6.07) is 5.12. The minimum atomic E-state index is -4.69. The van der Waals surface area contributed by atoms with Gasteiger partial charge in [-0.15, -0.1) is 0 Å². The van der Waals surface area contributed by atoms with Crippen LogP contribution in [0.4, 0.5) is 24.8 Å². The van der Waals surface area contributed by atoms with E-state index in [0.29, 0.717) is 56.1 Å². The van der Waals surface area contributed by atoms with Crippen molar-refractivity contribution in [2.24, 2.45) is 0 Å².